The Labute approximate surface area is 217 Å². The molecule has 1 atom stereocenters. The normalized spacial score (nSPS) is 21.4. The summed E-state index contributed by atoms with van der Waals surface area (Å²) in [4.78, 5) is 14.0. The monoisotopic (exact) mass is 546 g/mol. The van der Waals surface area contributed by atoms with E-state index >= 15 is 0 Å². The molecule has 1 fully saturated rings. The molecule has 2 N–H and O–H groups in total. The van der Waals surface area contributed by atoms with Crippen LogP contribution < -0.4 is 5.32 Å². The molecule has 0 bridgehead atoms. The minimum Gasteiger partial charge on any atom is -0.393 e. The number of carbonyl (C=O) groups is 1. The number of amides is 1. The molecule has 1 aliphatic carbocycles. The van der Waals surface area contributed by atoms with Gasteiger partial charge in [-0.1, -0.05) is 30.3 Å². The number of benzene rings is 2. The van der Waals surface area contributed by atoms with Crippen LogP contribution in [0.5, 0.6) is 0 Å². The second-order valence-corrected chi connectivity index (χ2v) is 10.0. The molecular formula is C27H32F6N2O3. The molecule has 1 saturated carbocycles. The van der Waals surface area contributed by atoms with Crippen molar-refractivity contribution in [2.24, 2.45) is 0 Å². The second kappa shape index (κ2) is 12.0. The highest BCUT2D eigenvalue weighted by molar-refractivity contribution is 5.78. The lowest BCUT2D eigenvalue weighted by molar-refractivity contribution is -0.143. The van der Waals surface area contributed by atoms with Crippen molar-refractivity contribution in [3.8, 4) is 0 Å². The van der Waals surface area contributed by atoms with Crippen LogP contribution >= 0.6 is 0 Å². The number of hydrogen-bond donors (Lipinski definition) is 2. The highest BCUT2D eigenvalue weighted by Gasteiger charge is 2.40. The van der Waals surface area contributed by atoms with Crippen LogP contribution in [-0.4, -0.2) is 55.8 Å². The van der Waals surface area contributed by atoms with Gasteiger partial charge in [0.2, 0.25) is 5.91 Å². The summed E-state index contributed by atoms with van der Waals surface area (Å²) in [5.41, 5.74) is -3.00. The van der Waals surface area contributed by atoms with Crippen molar-refractivity contribution in [1.82, 2.24) is 10.2 Å². The maximum absolute atomic E-state index is 13.4. The van der Waals surface area contributed by atoms with Gasteiger partial charge >= 0.3 is 12.4 Å². The summed E-state index contributed by atoms with van der Waals surface area (Å²) >= 11 is 0. The van der Waals surface area contributed by atoms with E-state index in [0.29, 0.717) is 37.8 Å². The van der Waals surface area contributed by atoms with Crippen LogP contribution in [0.1, 0.15) is 54.0 Å². The van der Waals surface area contributed by atoms with Gasteiger partial charge in [0, 0.05) is 11.5 Å². The average Bonchev–Trinajstić information content (AvgIpc) is 2.84. The standard InChI is InChI=1S/C27H32F6N2O3/c1-35(2)15-24(37)34-22-8-10-25(11-9-22,19-6-4-3-5-7-19)17-38-23(16-36)18-12-20(26(28,29)30)14-21(13-18)27(31,32)33/h3-7,12-14,22-23,36H,8-11,15-17H2,1-2H3,(H,34,37). The summed E-state index contributed by atoms with van der Waals surface area (Å²) in [6, 6.07) is 10.5. The maximum Gasteiger partial charge on any atom is 0.416 e. The largest absolute Gasteiger partial charge is 0.416 e. The Morgan fingerprint density at radius 2 is 1.58 bits per heavy atom. The zero-order valence-electron chi connectivity index (χ0n) is 21.2. The molecule has 5 nitrogen and oxygen atoms in total. The molecule has 0 radical (unpaired) electrons. The summed E-state index contributed by atoms with van der Waals surface area (Å²) in [6.07, 6.45) is -9.03. The zero-order chi connectivity index (χ0) is 28.1. The molecule has 38 heavy (non-hydrogen) atoms. The number of halogens is 6. The average molecular weight is 547 g/mol. The number of alkyl halides is 6. The fourth-order valence-corrected chi connectivity index (χ4v) is 4.86. The van der Waals surface area contributed by atoms with Crippen LogP contribution in [-0.2, 0) is 27.3 Å². The predicted molar refractivity (Wildman–Crippen MR) is 129 cm³/mol. The molecule has 0 spiro atoms. The number of nitrogens with zero attached hydrogens (tertiary/aromatic N) is 1. The minimum absolute atomic E-state index is 0.0296. The Balaban J connectivity index is 1.83. The summed E-state index contributed by atoms with van der Waals surface area (Å²) in [7, 11) is 3.58. The molecule has 1 unspecified atom stereocenters. The summed E-state index contributed by atoms with van der Waals surface area (Å²) in [6.45, 7) is -0.580. The lowest BCUT2D eigenvalue weighted by atomic mass is 9.68. The third kappa shape index (κ3) is 7.70. The van der Waals surface area contributed by atoms with E-state index in [0.717, 1.165) is 5.56 Å². The van der Waals surface area contributed by atoms with Gasteiger partial charge in [-0.15, -0.1) is 0 Å². The molecule has 2 aromatic rings. The Bertz CT molecular complexity index is 1030. The molecule has 0 aliphatic heterocycles. The van der Waals surface area contributed by atoms with Gasteiger partial charge in [-0.05, 0) is 69.1 Å². The summed E-state index contributed by atoms with van der Waals surface area (Å²) in [5.74, 6) is -0.103. The highest BCUT2D eigenvalue weighted by atomic mass is 19.4. The van der Waals surface area contributed by atoms with Crippen LogP contribution in [0.15, 0.2) is 48.5 Å². The van der Waals surface area contributed by atoms with Crippen LogP contribution in [0, 0.1) is 0 Å². The highest BCUT2D eigenvalue weighted by Crippen LogP contribution is 2.42. The Morgan fingerprint density at radius 3 is 2.05 bits per heavy atom. The molecule has 0 saturated heterocycles. The van der Waals surface area contributed by atoms with Gasteiger partial charge < -0.3 is 20.1 Å². The van der Waals surface area contributed by atoms with Crippen molar-refractivity contribution in [1.29, 1.82) is 0 Å². The van der Waals surface area contributed by atoms with E-state index in [1.165, 1.54) is 0 Å². The molecule has 0 aromatic heterocycles. The van der Waals surface area contributed by atoms with Crippen LogP contribution in [0.2, 0.25) is 0 Å². The van der Waals surface area contributed by atoms with Crippen molar-refractivity contribution in [2.45, 2.75) is 55.6 Å². The molecule has 210 valence electrons. The second-order valence-electron chi connectivity index (χ2n) is 10.0. The summed E-state index contributed by atoms with van der Waals surface area (Å²) < 4.78 is 86.0. The van der Waals surface area contributed by atoms with Gasteiger partial charge in [-0.2, -0.15) is 26.3 Å². The number of hydrogen-bond acceptors (Lipinski definition) is 4. The smallest absolute Gasteiger partial charge is 0.393 e. The fraction of sp³-hybridized carbons (Fsp3) is 0.519. The van der Waals surface area contributed by atoms with Crippen LogP contribution in [0.3, 0.4) is 0 Å². The van der Waals surface area contributed by atoms with E-state index in [2.05, 4.69) is 5.32 Å². The minimum atomic E-state index is -5.00. The maximum atomic E-state index is 13.4. The van der Waals surface area contributed by atoms with E-state index < -0.39 is 47.2 Å². The predicted octanol–water partition coefficient (Wildman–Crippen LogP) is 5.33. The van der Waals surface area contributed by atoms with E-state index in [-0.39, 0.29) is 31.2 Å². The van der Waals surface area contributed by atoms with Gasteiger partial charge in [-0.25, -0.2) is 0 Å². The lowest BCUT2D eigenvalue weighted by Gasteiger charge is -2.41. The first-order valence-corrected chi connectivity index (χ1v) is 12.2. The third-order valence-corrected chi connectivity index (χ3v) is 6.86. The Hall–Kier alpha value is -2.63. The van der Waals surface area contributed by atoms with E-state index in [1.807, 2.05) is 30.3 Å². The lowest BCUT2D eigenvalue weighted by Crippen LogP contribution is -2.46. The van der Waals surface area contributed by atoms with Crippen LogP contribution in [0.25, 0.3) is 0 Å². The number of aliphatic hydroxyl groups excluding tert-OH is 1. The molecule has 11 heteroatoms. The number of likely N-dealkylation sites (N-methyl/N-ethyl adjacent to an activating group) is 1. The zero-order valence-corrected chi connectivity index (χ0v) is 21.2. The number of rotatable bonds is 9. The van der Waals surface area contributed by atoms with Gasteiger partial charge in [0.05, 0.1) is 30.9 Å². The Kier molecular flexibility index (Phi) is 9.48. The van der Waals surface area contributed by atoms with Crippen molar-refractivity contribution in [3.05, 3.63) is 70.8 Å². The number of aliphatic hydroxyl groups is 1. The van der Waals surface area contributed by atoms with Gasteiger partial charge in [0.15, 0.2) is 0 Å². The van der Waals surface area contributed by atoms with Crippen molar-refractivity contribution in [2.75, 3.05) is 33.9 Å². The molecular weight excluding hydrogens is 514 g/mol. The number of ether oxygens (including phenoxy) is 1. The first-order valence-electron chi connectivity index (χ1n) is 12.2. The Morgan fingerprint density at radius 1 is 1.03 bits per heavy atom. The van der Waals surface area contributed by atoms with Gasteiger partial charge in [-0.3, -0.25) is 4.79 Å². The summed E-state index contributed by atoms with van der Waals surface area (Å²) in [5, 5.41) is 12.9. The first-order chi connectivity index (χ1) is 17.7. The molecule has 3 rings (SSSR count). The van der Waals surface area contributed by atoms with Crippen LogP contribution in [0.4, 0.5) is 26.3 Å². The topological polar surface area (TPSA) is 61.8 Å². The first kappa shape index (κ1) is 29.9. The third-order valence-electron chi connectivity index (χ3n) is 6.86. The fourth-order valence-electron chi connectivity index (χ4n) is 4.86. The quantitative estimate of drug-likeness (QED) is 0.418. The SMILES string of the molecule is CN(C)CC(=O)NC1CCC(COC(CO)c2cc(C(F)(F)F)cc(C(F)(F)F)c2)(c2ccccc2)CC1. The molecule has 1 aliphatic rings. The van der Waals surface area contributed by atoms with Gasteiger partial charge in [0.1, 0.15) is 6.10 Å². The molecule has 1 amide bonds. The van der Waals surface area contributed by atoms with E-state index in [9.17, 15) is 36.2 Å². The number of carbonyl (C=O) groups excluding carboxylic acids is 1. The number of nitrogens with one attached hydrogen (secondary N) is 1. The molecule has 2 aromatic carbocycles. The van der Waals surface area contributed by atoms with E-state index in [4.69, 9.17) is 4.74 Å². The van der Waals surface area contributed by atoms with Crippen molar-refractivity contribution in [3.63, 3.8) is 0 Å². The van der Waals surface area contributed by atoms with Crippen molar-refractivity contribution < 1.29 is 41.0 Å². The van der Waals surface area contributed by atoms with Gasteiger partial charge in [0.25, 0.3) is 0 Å². The molecule has 0 heterocycles. The van der Waals surface area contributed by atoms with Crippen molar-refractivity contribution >= 4 is 5.91 Å². The van der Waals surface area contributed by atoms with E-state index in [1.54, 1.807) is 19.0 Å².